The normalized spacial score (nSPS) is 10.7. The minimum Gasteiger partial charge on any atom is -0.507 e. The van der Waals surface area contributed by atoms with Crippen LogP contribution in [0.3, 0.4) is 0 Å². The molecule has 0 amide bonds. The zero-order valence-electron chi connectivity index (χ0n) is 9.58. The fourth-order valence-corrected chi connectivity index (χ4v) is 1.66. The van der Waals surface area contributed by atoms with Crippen molar-refractivity contribution in [1.82, 2.24) is 0 Å². The number of carbonyl (C=O) groups is 1. The highest BCUT2D eigenvalue weighted by Crippen LogP contribution is 2.26. The molecule has 0 heterocycles. The minimum absolute atomic E-state index is 0.0622. The van der Waals surface area contributed by atoms with Gasteiger partial charge in [-0.3, -0.25) is 0 Å². The Hall–Kier alpha value is -2.55. The molecule has 0 aromatic heterocycles. The Morgan fingerprint density at radius 1 is 1.00 bits per heavy atom. The molecule has 2 N–H and O–H groups in total. The van der Waals surface area contributed by atoms with Gasteiger partial charge in [-0.05, 0) is 29.3 Å². The highest BCUT2D eigenvalue weighted by molar-refractivity contribution is 5.86. The number of aliphatic carboxylic acids is 1. The zero-order valence-corrected chi connectivity index (χ0v) is 9.58. The van der Waals surface area contributed by atoms with E-state index in [0.29, 0.717) is 5.56 Å². The Kier molecular flexibility index (Phi) is 3.44. The Labute approximate surface area is 105 Å². The van der Waals surface area contributed by atoms with E-state index >= 15 is 0 Å². The summed E-state index contributed by atoms with van der Waals surface area (Å²) in [4.78, 5) is 10.5. The first-order valence-corrected chi connectivity index (χ1v) is 5.46. The van der Waals surface area contributed by atoms with Gasteiger partial charge >= 0.3 is 5.97 Å². The summed E-state index contributed by atoms with van der Waals surface area (Å²) in [6, 6.07) is 14.8. The van der Waals surface area contributed by atoms with Crippen molar-refractivity contribution in [3.8, 4) is 16.9 Å². The number of aromatic hydroxyl groups is 1. The van der Waals surface area contributed by atoms with Crippen LogP contribution in [0.5, 0.6) is 5.75 Å². The van der Waals surface area contributed by atoms with E-state index in [-0.39, 0.29) is 5.75 Å². The molecule has 0 aliphatic rings. The Bertz CT molecular complexity index is 586. The summed E-state index contributed by atoms with van der Waals surface area (Å²) < 4.78 is 0. The topological polar surface area (TPSA) is 57.5 Å². The van der Waals surface area contributed by atoms with Crippen molar-refractivity contribution in [2.75, 3.05) is 0 Å². The molecule has 18 heavy (non-hydrogen) atoms. The van der Waals surface area contributed by atoms with E-state index in [9.17, 15) is 9.90 Å². The average Bonchev–Trinajstić information content (AvgIpc) is 2.38. The standard InChI is InChI=1S/C15H12O3/c16-14-8-6-12(11-4-2-1-3-5-11)10-13(14)7-9-15(17)18/h1-10,16H,(H,17,18)/b9-7+. The predicted molar refractivity (Wildman–Crippen MR) is 70.2 cm³/mol. The van der Waals surface area contributed by atoms with Crippen LogP contribution in [0.2, 0.25) is 0 Å². The number of hydrogen-bond donors (Lipinski definition) is 2. The maximum absolute atomic E-state index is 10.5. The van der Waals surface area contributed by atoms with E-state index in [1.165, 1.54) is 6.08 Å². The second kappa shape index (κ2) is 5.19. The van der Waals surface area contributed by atoms with Crippen molar-refractivity contribution in [3.05, 3.63) is 60.2 Å². The molecule has 0 radical (unpaired) electrons. The number of benzene rings is 2. The van der Waals surface area contributed by atoms with Gasteiger partial charge in [0, 0.05) is 11.6 Å². The van der Waals surface area contributed by atoms with E-state index in [1.54, 1.807) is 18.2 Å². The molecule has 3 heteroatoms. The summed E-state index contributed by atoms with van der Waals surface area (Å²) in [5, 5.41) is 18.2. The van der Waals surface area contributed by atoms with Gasteiger partial charge in [0.15, 0.2) is 0 Å². The average molecular weight is 240 g/mol. The molecular weight excluding hydrogens is 228 g/mol. The SMILES string of the molecule is O=C(O)/C=C/c1cc(-c2ccccc2)ccc1O. The molecule has 0 aliphatic heterocycles. The molecule has 0 spiro atoms. The van der Waals surface area contributed by atoms with Crippen LogP contribution < -0.4 is 0 Å². The van der Waals surface area contributed by atoms with Crippen molar-refractivity contribution < 1.29 is 15.0 Å². The third kappa shape index (κ3) is 2.77. The van der Waals surface area contributed by atoms with Gasteiger partial charge in [0.05, 0.1) is 0 Å². The number of carboxylic acids is 1. The molecule has 0 bridgehead atoms. The third-order valence-corrected chi connectivity index (χ3v) is 2.54. The fraction of sp³-hybridized carbons (Fsp3) is 0. The number of phenolic OH excluding ortho intramolecular Hbond substituents is 1. The Morgan fingerprint density at radius 2 is 1.72 bits per heavy atom. The number of phenols is 1. The number of carboxylic acid groups (broad SMARTS) is 1. The van der Waals surface area contributed by atoms with Crippen molar-refractivity contribution in [2.24, 2.45) is 0 Å². The lowest BCUT2D eigenvalue weighted by molar-refractivity contribution is -0.131. The van der Waals surface area contributed by atoms with Gasteiger partial charge in [-0.1, -0.05) is 36.4 Å². The molecule has 2 aromatic rings. The predicted octanol–water partition coefficient (Wildman–Crippen LogP) is 3.16. The van der Waals surface area contributed by atoms with Crippen LogP contribution in [-0.2, 0) is 4.79 Å². The Balaban J connectivity index is 2.41. The highest BCUT2D eigenvalue weighted by atomic mass is 16.4. The third-order valence-electron chi connectivity index (χ3n) is 2.54. The number of hydrogen-bond acceptors (Lipinski definition) is 2. The highest BCUT2D eigenvalue weighted by Gasteiger charge is 2.02. The molecular formula is C15H12O3. The summed E-state index contributed by atoms with van der Waals surface area (Å²) in [5.74, 6) is -0.980. The van der Waals surface area contributed by atoms with Crippen LogP contribution in [-0.4, -0.2) is 16.2 Å². The fourth-order valence-electron chi connectivity index (χ4n) is 1.66. The molecule has 0 unspecified atom stereocenters. The van der Waals surface area contributed by atoms with E-state index in [2.05, 4.69) is 0 Å². The van der Waals surface area contributed by atoms with E-state index in [1.807, 2.05) is 30.3 Å². The van der Waals surface area contributed by atoms with Crippen molar-refractivity contribution in [3.63, 3.8) is 0 Å². The molecule has 3 nitrogen and oxygen atoms in total. The smallest absolute Gasteiger partial charge is 0.328 e. The Morgan fingerprint density at radius 3 is 2.39 bits per heavy atom. The molecule has 0 fully saturated rings. The van der Waals surface area contributed by atoms with Gasteiger partial charge in [-0.25, -0.2) is 4.79 Å². The van der Waals surface area contributed by atoms with Gasteiger partial charge < -0.3 is 10.2 Å². The van der Waals surface area contributed by atoms with Crippen molar-refractivity contribution in [1.29, 1.82) is 0 Å². The molecule has 0 aliphatic carbocycles. The lowest BCUT2D eigenvalue weighted by atomic mass is 10.0. The van der Waals surface area contributed by atoms with Gasteiger partial charge in [-0.2, -0.15) is 0 Å². The molecule has 0 saturated carbocycles. The van der Waals surface area contributed by atoms with Crippen LogP contribution in [0, 0.1) is 0 Å². The van der Waals surface area contributed by atoms with Gasteiger partial charge in [0.1, 0.15) is 5.75 Å². The monoisotopic (exact) mass is 240 g/mol. The molecule has 2 aromatic carbocycles. The van der Waals surface area contributed by atoms with Crippen LogP contribution in [0.15, 0.2) is 54.6 Å². The molecule has 2 rings (SSSR count). The van der Waals surface area contributed by atoms with Crippen molar-refractivity contribution in [2.45, 2.75) is 0 Å². The maximum Gasteiger partial charge on any atom is 0.328 e. The number of rotatable bonds is 3. The summed E-state index contributed by atoms with van der Waals surface area (Å²) >= 11 is 0. The molecule has 0 atom stereocenters. The first-order valence-electron chi connectivity index (χ1n) is 5.46. The van der Waals surface area contributed by atoms with Crippen molar-refractivity contribution >= 4 is 12.0 Å². The first-order chi connectivity index (χ1) is 8.66. The minimum atomic E-state index is -1.04. The van der Waals surface area contributed by atoms with Gasteiger partial charge in [-0.15, -0.1) is 0 Å². The van der Waals surface area contributed by atoms with Crippen LogP contribution >= 0.6 is 0 Å². The second-order valence-electron chi connectivity index (χ2n) is 3.81. The van der Waals surface area contributed by atoms with Crippen LogP contribution in [0.4, 0.5) is 0 Å². The summed E-state index contributed by atoms with van der Waals surface area (Å²) in [6.07, 6.45) is 2.38. The molecule has 0 saturated heterocycles. The van der Waals surface area contributed by atoms with E-state index in [4.69, 9.17) is 5.11 Å². The van der Waals surface area contributed by atoms with Crippen LogP contribution in [0.1, 0.15) is 5.56 Å². The van der Waals surface area contributed by atoms with E-state index in [0.717, 1.165) is 17.2 Å². The lowest BCUT2D eigenvalue weighted by Gasteiger charge is -2.04. The quantitative estimate of drug-likeness (QED) is 0.810. The van der Waals surface area contributed by atoms with Gasteiger partial charge in [0.25, 0.3) is 0 Å². The summed E-state index contributed by atoms with van der Waals surface area (Å²) in [6.45, 7) is 0. The first kappa shape index (κ1) is 11.9. The van der Waals surface area contributed by atoms with E-state index < -0.39 is 5.97 Å². The van der Waals surface area contributed by atoms with Gasteiger partial charge in [0.2, 0.25) is 0 Å². The summed E-state index contributed by atoms with van der Waals surface area (Å²) in [5.41, 5.74) is 2.43. The lowest BCUT2D eigenvalue weighted by Crippen LogP contribution is -1.86. The zero-order chi connectivity index (χ0) is 13.0. The summed E-state index contributed by atoms with van der Waals surface area (Å²) in [7, 11) is 0. The molecule has 90 valence electrons. The largest absolute Gasteiger partial charge is 0.507 e. The van der Waals surface area contributed by atoms with Crippen LogP contribution in [0.25, 0.3) is 17.2 Å². The maximum atomic E-state index is 10.5. The second-order valence-corrected chi connectivity index (χ2v) is 3.81.